The molecule has 1 heterocycles. The van der Waals surface area contributed by atoms with Crippen molar-refractivity contribution in [3.05, 3.63) is 30.3 Å². The number of likely N-dealkylation sites (tertiary alicyclic amines) is 1. The summed E-state index contributed by atoms with van der Waals surface area (Å²) in [5.41, 5.74) is 0. The van der Waals surface area contributed by atoms with Crippen molar-refractivity contribution in [1.82, 2.24) is 14.9 Å². The molecule has 1 aromatic carbocycles. The van der Waals surface area contributed by atoms with E-state index in [4.69, 9.17) is 0 Å². The number of urea groups is 1. The van der Waals surface area contributed by atoms with E-state index >= 15 is 0 Å². The van der Waals surface area contributed by atoms with Gasteiger partial charge in [0.25, 0.3) is 0 Å². The molecule has 1 aliphatic rings. The zero-order chi connectivity index (χ0) is 20.0. The first kappa shape index (κ1) is 21.2. The molecule has 27 heavy (non-hydrogen) atoms. The van der Waals surface area contributed by atoms with E-state index in [2.05, 4.69) is 10.0 Å². The smallest absolute Gasteiger partial charge is 0.317 e. The van der Waals surface area contributed by atoms with Crippen LogP contribution >= 0.6 is 0 Å². The molecular formula is C18H27N3O5S. The molecule has 0 radical (unpaired) electrons. The molecule has 1 fully saturated rings. The Morgan fingerprint density at radius 1 is 1.26 bits per heavy atom. The van der Waals surface area contributed by atoms with Crippen LogP contribution in [0.25, 0.3) is 0 Å². The van der Waals surface area contributed by atoms with Crippen LogP contribution in [0.5, 0.6) is 0 Å². The van der Waals surface area contributed by atoms with Crippen molar-refractivity contribution in [2.75, 3.05) is 19.6 Å². The van der Waals surface area contributed by atoms with Crippen molar-refractivity contribution >= 4 is 22.0 Å². The first-order chi connectivity index (χ1) is 12.7. The first-order valence-corrected chi connectivity index (χ1v) is 10.5. The SMILES string of the molecule is CC1CC(C(=O)O)CN(C(=O)NC(C)CCNS(=O)(=O)c2ccccc2)C1. The number of rotatable bonds is 7. The lowest BCUT2D eigenvalue weighted by molar-refractivity contribution is -0.143. The molecule has 0 aromatic heterocycles. The molecule has 2 rings (SSSR count). The second-order valence-corrected chi connectivity index (χ2v) is 8.90. The number of carbonyl (C=O) groups is 2. The zero-order valence-electron chi connectivity index (χ0n) is 15.6. The lowest BCUT2D eigenvalue weighted by Gasteiger charge is -2.35. The van der Waals surface area contributed by atoms with Gasteiger partial charge >= 0.3 is 12.0 Å². The second-order valence-electron chi connectivity index (χ2n) is 7.13. The number of sulfonamides is 1. The molecular weight excluding hydrogens is 370 g/mol. The summed E-state index contributed by atoms with van der Waals surface area (Å²) in [6.45, 7) is 4.61. The number of hydrogen-bond donors (Lipinski definition) is 3. The zero-order valence-corrected chi connectivity index (χ0v) is 16.4. The minimum atomic E-state index is -3.57. The van der Waals surface area contributed by atoms with Crippen molar-refractivity contribution in [3.63, 3.8) is 0 Å². The van der Waals surface area contributed by atoms with Crippen LogP contribution < -0.4 is 10.0 Å². The van der Waals surface area contributed by atoms with Crippen LogP contribution in [0.4, 0.5) is 4.79 Å². The van der Waals surface area contributed by atoms with E-state index in [9.17, 15) is 23.1 Å². The number of aliphatic carboxylic acids is 1. The Labute approximate surface area is 160 Å². The maximum Gasteiger partial charge on any atom is 0.317 e. The molecule has 1 saturated heterocycles. The molecule has 2 amide bonds. The number of nitrogens with zero attached hydrogens (tertiary/aromatic N) is 1. The predicted molar refractivity (Wildman–Crippen MR) is 101 cm³/mol. The Bertz CT molecular complexity index is 754. The van der Waals surface area contributed by atoms with Gasteiger partial charge in [0.05, 0.1) is 10.8 Å². The molecule has 9 heteroatoms. The maximum atomic E-state index is 12.4. The largest absolute Gasteiger partial charge is 0.481 e. The Morgan fingerprint density at radius 3 is 2.56 bits per heavy atom. The van der Waals surface area contributed by atoms with Crippen LogP contribution in [0.15, 0.2) is 35.2 Å². The summed E-state index contributed by atoms with van der Waals surface area (Å²) in [6, 6.07) is 7.52. The highest BCUT2D eigenvalue weighted by Gasteiger charge is 2.32. The van der Waals surface area contributed by atoms with Crippen molar-refractivity contribution < 1.29 is 23.1 Å². The van der Waals surface area contributed by atoms with Gasteiger partial charge in [0, 0.05) is 25.7 Å². The Morgan fingerprint density at radius 2 is 1.93 bits per heavy atom. The standard InChI is InChI=1S/C18H27N3O5S/c1-13-10-15(17(22)23)12-21(11-13)18(24)20-14(2)8-9-19-27(25,26)16-6-4-3-5-7-16/h3-7,13-15,19H,8-12H2,1-2H3,(H,20,24)(H,22,23). The Kier molecular flexibility index (Phi) is 7.20. The lowest BCUT2D eigenvalue weighted by Crippen LogP contribution is -2.51. The molecule has 1 aromatic rings. The van der Waals surface area contributed by atoms with Gasteiger partial charge < -0.3 is 15.3 Å². The average Bonchev–Trinajstić information content (AvgIpc) is 2.61. The highest BCUT2D eigenvalue weighted by molar-refractivity contribution is 7.89. The van der Waals surface area contributed by atoms with E-state index in [-0.39, 0.29) is 36.0 Å². The van der Waals surface area contributed by atoms with Crippen LogP contribution in [0.3, 0.4) is 0 Å². The van der Waals surface area contributed by atoms with E-state index in [1.807, 2.05) is 6.92 Å². The van der Waals surface area contributed by atoms with Crippen molar-refractivity contribution in [1.29, 1.82) is 0 Å². The van der Waals surface area contributed by atoms with Crippen LogP contribution in [0.1, 0.15) is 26.7 Å². The number of carboxylic acids is 1. The van der Waals surface area contributed by atoms with E-state index in [1.54, 1.807) is 25.1 Å². The number of nitrogens with one attached hydrogen (secondary N) is 2. The van der Waals surface area contributed by atoms with Gasteiger partial charge in [-0.25, -0.2) is 17.9 Å². The topological polar surface area (TPSA) is 116 Å². The quantitative estimate of drug-likeness (QED) is 0.645. The summed E-state index contributed by atoms with van der Waals surface area (Å²) in [6.07, 6.45) is 0.986. The number of carbonyl (C=O) groups excluding carboxylic acids is 1. The Balaban J connectivity index is 1.80. The fourth-order valence-electron chi connectivity index (χ4n) is 3.16. The summed E-state index contributed by atoms with van der Waals surface area (Å²) >= 11 is 0. The van der Waals surface area contributed by atoms with Crippen LogP contribution in [0, 0.1) is 11.8 Å². The Hall–Kier alpha value is -2.13. The van der Waals surface area contributed by atoms with E-state index in [0.717, 1.165) is 0 Å². The van der Waals surface area contributed by atoms with Gasteiger partial charge in [-0.1, -0.05) is 25.1 Å². The summed E-state index contributed by atoms with van der Waals surface area (Å²) in [7, 11) is -3.57. The lowest BCUT2D eigenvalue weighted by atomic mass is 9.91. The highest BCUT2D eigenvalue weighted by atomic mass is 32.2. The third kappa shape index (κ3) is 6.21. The number of hydrogen-bond acceptors (Lipinski definition) is 4. The molecule has 3 unspecified atom stereocenters. The molecule has 150 valence electrons. The molecule has 0 spiro atoms. The van der Waals surface area contributed by atoms with E-state index < -0.39 is 21.9 Å². The third-order valence-corrected chi connectivity index (χ3v) is 6.07. The summed E-state index contributed by atoms with van der Waals surface area (Å²) in [5.74, 6) is -1.31. The van der Waals surface area contributed by atoms with Gasteiger partial charge in [-0.05, 0) is 37.8 Å². The average molecular weight is 397 g/mol. The fraction of sp³-hybridized carbons (Fsp3) is 0.556. The van der Waals surface area contributed by atoms with Crippen LogP contribution in [0.2, 0.25) is 0 Å². The highest BCUT2D eigenvalue weighted by Crippen LogP contribution is 2.21. The molecule has 0 aliphatic carbocycles. The molecule has 8 nitrogen and oxygen atoms in total. The maximum absolute atomic E-state index is 12.4. The van der Waals surface area contributed by atoms with Gasteiger partial charge in [0.15, 0.2) is 0 Å². The van der Waals surface area contributed by atoms with Gasteiger partial charge in [0.1, 0.15) is 0 Å². The van der Waals surface area contributed by atoms with Crippen molar-refractivity contribution in [2.24, 2.45) is 11.8 Å². The van der Waals surface area contributed by atoms with Crippen molar-refractivity contribution in [2.45, 2.75) is 37.6 Å². The fourth-order valence-corrected chi connectivity index (χ4v) is 4.23. The number of amides is 2. The predicted octanol–water partition coefficient (Wildman–Crippen LogP) is 1.50. The minimum Gasteiger partial charge on any atom is -0.481 e. The first-order valence-electron chi connectivity index (χ1n) is 9.02. The number of piperidine rings is 1. The summed E-state index contributed by atoms with van der Waals surface area (Å²) in [4.78, 5) is 25.3. The van der Waals surface area contributed by atoms with E-state index in [1.165, 1.54) is 17.0 Å². The summed E-state index contributed by atoms with van der Waals surface area (Å²) < 4.78 is 26.8. The van der Waals surface area contributed by atoms with Crippen LogP contribution in [-0.2, 0) is 14.8 Å². The monoisotopic (exact) mass is 397 g/mol. The normalized spacial score (nSPS) is 21.5. The molecule has 0 saturated carbocycles. The van der Waals surface area contributed by atoms with Crippen molar-refractivity contribution in [3.8, 4) is 0 Å². The van der Waals surface area contributed by atoms with Crippen LogP contribution in [-0.4, -0.2) is 56.1 Å². The van der Waals surface area contributed by atoms with Gasteiger partial charge in [0.2, 0.25) is 10.0 Å². The second kappa shape index (κ2) is 9.18. The molecule has 1 aliphatic heterocycles. The van der Waals surface area contributed by atoms with Gasteiger partial charge in [-0.3, -0.25) is 4.79 Å². The number of carboxylic acid groups (broad SMARTS) is 1. The molecule has 3 atom stereocenters. The third-order valence-electron chi connectivity index (χ3n) is 4.59. The van der Waals surface area contributed by atoms with E-state index in [0.29, 0.717) is 19.4 Å². The summed E-state index contributed by atoms with van der Waals surface area (Å²) in [5, 5.41) is 12.0. The van der Waals surface area contributed by atoms with Gasteiger partial charge in [-0.2, -0.15) is 0 Å². The molecule has 0 bridgehead atoms. The van der Waals surface area contributed by atoms with Gasteiger partial charge in [-0.15, -0.1) is 0 Å². The minimum absolute atomic E-state index is 0.124. The molecule has 3 N–H and O–H groups in total. The number of benzene rings is 1.